The van der Waals surface area contributed by atoms with Gasteiger partial charge >= 0.3 is 0 Å². The van der Waals surface area contributed by atoms with Crippen molar-refractivity contribution < 1.29 is 9.23 Å². The molecule has 1 aromatic heterocycles. The van der Waals surface area contributed by atoms with Crippen molar-refractivity contribution in [3.63, 3.8) is 0 Å². The topological polar surface area (TPSA) is 39.4 Å². The fourth-order valence-corrected chi connectivity index (χ4v) is 3.35. The van der Waals surface area contributed by atoms with Crippen LogP contribution in [0.4, 0.5) is 4.39 Å². The van der Waals surface area contributed by atoms with Crippen LogP contribution in [0, 0.1) is 19.7 Å². The zero-order valence-electron chi connectivity index (χ0n) is 14.8. The van der Waals surface area contributed by atoms with E-state index in [1.165, 1.54) is 12.1 Å². The third kappa shape index (κ3) is 3.25. The molecule has 1 aliphatic heterocycles. The van der Waals surface area contributed by atoms with Crippen molar-refractivity contribution in [3.05, 3.63) is 77.4 Å². The van der Waals surface area contributed by atoms with Crippen LogP contribution in [0.3, 0.4) is 0 Å². The number of halogens is 1. The summed E-state index contributed by atoms with van der Waals surface area (Å²) in [5.41, 5.74) is 6.05. The lowest BCUT2D eigenvalue weighted by molar-refractivity contribution is 0.0692. The molecule has 2 aromatic carbocycles. The predicted octanol–water partition coefficient (Wildman–Crippen LogP) is 4.50. The van der Waals surface area contributed by atoms with Gasteiger partial charge in [0.05, 0.1) is 18.0 Å². The molecule has 4 nitrogen and oxygen atoms in total. The first-order valence-corrected chi connectivity index (χ1v) is 8.69. The van der Waals surface area contributed by atoms with Crippen LogP contribution >= 0.6 is 0 Å². The van der Waals surface area contributed by atoms with Crippen LogP contribution in [0.1, 0.15) is 23.4 Å². The van der Waals surface area contributed by atoms with Crippen LogP contribution in [-0.4, -0.2) is 21.6 Å². The smallest absolute Gasteiger partial charge is 0.152 e. The van der Waals surface area contributed by atoms with Gasteiger partial charge in [-0.15, -0.1) is 0 Å². The highest BCUT2D eigenvalue weighted by atomic mass is 19.1. The van der Waals surface area contributed by atoms with E-state index in [2.05, 4.69) is 16.3 Å². The normalized spacial score (nSPS) is 16.4. The number of nitrogens with zero attached hydrogens (tertiary/aromatic N) is 3. The highest BCUT2D eigenvalue weighted by molar-refractivity contribution is 6.06. The van der Waals surface area contributed by atoms with Crippen molar-refractivity contribution in [2.75, 3.05) is 0 Å². The summed E-state index contributed by atoms with van der Waals surface area (Å²) in [6.07, 6.45) is 0.681. The summed E-state index contributed by atoms with van der Waals surface area (Å²) in [4.78, 5) is 5.67. The predicted molar refractivity (Wildman–Crippen MR) is 99.6 cm³/mol. The van der Waals surface area contributed by atoms with E-state index in [1.807, 2.05) is 42.8 Å². The van der Waals surface area contributed by atoms with Crippen LogP contribution in [0.2, 0.25) is 0 Å². The number of hydrogen-bond donors (Lipinski definition) is 0. The standard InChI is InChI=1S/C21H20FN3O/c1-14-11-15(2)25(23-14)13-18-12-21(24-26-18)20-6-4-3-5-19(20)16-7-9-17(22)10-8-16/h3-11,18H,12-13H2,1-2H3/t18-/m1/s1. The maximum atomic E-state index is 13.2. The number of benzene rings is 2. The van der Waals surface area contributed by atoms with Gasteiger partial charge in [-0.05, 0) is 43.2 Å². The zero-order chi connectivity index (χ0) is 18.1. The molecule has 0 saturated heterocycles. The second-order valence-electron chi connectivity index (χ2n) is 6.63. The molecule has 0 unspecified atom stereocenters. The Morgan fingerprint density at radius 3 is 2.50 bits per heavy atom. The van der Waals surface area contributed by atoms with E-state index in [0.29, 0.717) is 6.54 Å². The molecule has 0 spiro atoms. The van der Waals surface area contributed by atoms with Gasteiger partial charge in [-0.2, -0.15) is 5.10 Å². The van der Waals surface area contributed by atoms with E-state index in [-0.39, 0.29) is 11.9 Å². The molecule has 1 aliphatic rings. The van der Waals surface area contributed by atoms with Gasteiger partial charge in [0.1, 0.15) is 5.82 Å². The fourth-order valence-electron chi connectivity index (χ4n) is 3.35. The average molecular weight is 349 g/mol. The van der Waals surface area contributed by atoms with Crippen molar-refractivity contribution in [2.24, 2.45) is 5.16 Å². The summed E-state index contributed by atoms with van der Waals surface area (Å²) in [5, 5.41) is 8.82. The molecule has 5 heteroatoms. The first-order valence-electron chi connectivity index (χ1n) is 8.69. The van der Waals surface area contributed by atoms with Gasteiger partial charge in [0.2, 0.25) is 0 Å². The number of aromatic nitrogens is 2. The van der Waals surface area contributed by atoms with Crippen LogP contribution < -0.4 is 0 Å². The van der Waals surface area contributed by atoms with Crippen molar-refractivity contribution >= 4 is 5.71 Å². The van der Waals surface area contributed by atoms with E-state index in [1.54, 1.807) is 12.1 Å². The Balaban J connectivity index is 1.56. The SMILES string of the molecule is Cc1cc(C)n(C[C@H]2CC(c3ccccc3-c3ccc(F)cc3)=NO2)n1. The first-order chi connectivity index (χ1) is 12.6. The highest BCUT2D eigenvalue weighted by Crippen LogP contribution is 2.28. The molecule has 4 rings (SSSR count). The average Bonchev–Trinajstić information content (AvgIpc) is 3.22. The summed E-state index contributed by atoms with van der Waals surface area (Å²) in [5.74, 6) is -0.238. The van der Waals surface area contributed by atoms with E-state index in [9.17, 15) is 4.39 Å². The molecule has 3 aromatic rings. The van der Waals surface area contributed by atoms with Gasteiger partial charge in [0.25, 0.3) is 0 Å². The maximum Gasteiger partial charge on any atom is 0.152 e. The monoisotopic (exact) mass is 349 g/mol. The van der Waals surface area contributed by atoms with Crippen molar-refractivity contribution in [1.29, 1.82) is 0 Å². The van der Waals surface area contributed by atoms with Gasteiger partial charge in [-0.25, -0.2) is 4.39 Å². The summed E-state index contributed by atoms with van der Waals surface area (Å²) in [6, 6.07) is 16.6. The fraction of sp³-hybridized carbons (Fsp3) is 0.238. The highest BCUT2D eigenvalue weighted by Gasteiger charge is 2.25. The van der Waals surface area contributed by atoms with Crippen LogP contribution in [0.15, 0.2) is 59.8 Å². The second kappa shape index (κ2) is 6.75. The number of rotatable bonds is 4. The number of hydrogen-bond acceptors (Lipinski definition) is 3. The molecule has 0 fully saturated rings. The molecule has 0 amide bonds. The number of aryl methyl sites for hydroxylation is 2. The molecule has 0 aliphatic carbocycles. The van der Waals surface area contributed by atoms with Gasteiger partial charge in [-0.3, -0.25) is 4.68 Å². The lowest BCUT2D eigenvalue weighted by atomic mass is 9.94. The summed E-state index contributed by atoms with van der Waals surface area (Å²) >= 11 is 0. The summed E-state index contributed by atoms with van der Waals surface area (Å²) < 4.78 is 15.2. The van der Waals surface area contributed by atoms with E-state index in [0.717, 1.165) is 40.2 Å². The third-order valence-corrected chi connectivity index (χ3v) is 4.61. The molecule has 2 heterocycles. The lowest BCUT2D eigenvalue weighted by Gasteiger charge is -2.11. The minimum atomic E-state index is -0.238. The Labute approximate surface area is 151 Å². The van der Waals surface area contributed by atoms with Crippen LogP contribution in [0.25, 0.3) is 11.1 Å². The second-order valence-corrected chi connectivity index (χ2v) is 6.63. The Hall–Kier alpha value is -2.95. The van der Waals surface area contributed by atoms with Gasteiger partial charge in [0, 0.05) is 17.7 Å². The minimum absolute atomic E-state index is 0.0377. The number of oxime groups is 1. The van der Waals surface area contributed by atoms with Crippen molar-refractivity contribution in [2.45, 2.75) is 32.9 Å². The Morgan fingerprint density at radius 2 is 1.81 bits per heavy atom. The molecule has 1 atom stereocenters. The van der Waals surface area contributed by atoms with E-state index < -0.39 is 0 Å². The Bertz CT molecular complexity index is 960. The molecular weight excluding hydrogens is 329 g/mol. The summed E-state index contributed by atoms with van der Waals surface area (Å²) in [6.45, 7) is 4.70. The molecule has 0 N–H and O–H groups in total. The van der Waals surface area contributed by atoms with Crippen LogP contribution in [0.5, 0.6) is 0 Å². The molecule has 0 saturated carbocycles. The Morgan fingerprint density at radius 1 is 1.08 bits per heavy atom. The molecular formula is C21H20FN3O. The largest absolute Gasteiger partial charge is 0.390 e. The van der Waals surface area contributed by atoms with Crippen molar-refractivity contribution in [3.8, 4) is 11.1 Å². The molecule has 0 bridgehead atoms. The summed E-state index contributed by atoms with van der Waals surface area (Å²) in [7, 11) is 0. The zero-order valence-corrected chi connectivity index (χ0v) is 14.8. The Kier molecular flexibility index (Phi) is 4.29. The first kappa shape index (κ1) is 16.5. The molecule has 26 heavy (non-hydrogen) atoms. The quantitative estimate of drug-likeness (QED) is 0.696. The molecule has 132 valence electrons. The van der Waals surface area contributed by atoms with E-state index >= 15 is 0 Å². The molecule has 0 radical (unpaired) electrons. The minimum Gasteiger partial charge on any atom is -0.390 e. The van der Waals surface area contributed by atoms with Gasteiger partial charge in [-0.1, -0.05) is 41.6 Å². The third-order valence-electron chi connectivity index (χ3n) is 4.61. The lowest BCUT2D eigenvalue weighted by Crippen LogP contribution is -2.18. The van der Waals surface area contributed by atoms with E-state index in [4.69, 9.17) is 4.84 Å². The van der Waals surface area contributed by atoms with Gasteiger partial charge in [0.15, 0.2) is 6.10 Å². The maximum absolute atomic E-state index is 13.2. The van der Waals surface area contributed by atoms with Crippen LogP contribution in [-0.2, 0) is 11.4 Å². The van der Waals surface area contributed by atoms with Gasteiger partial charge < -0.3 is 4.84 Å². The van der Waals surface area contributed by atoms with Crippen molar-refractivity contribution in [1.82, 2.24) is 9.78 Å².